The highest BCUT2D eigenvalue weighted by molar-refractivity contribution is 5.94. The van der Waals surface area contributed by atoms with Crippen molar-refractivity contribution < 1.29 is 14.4 Å². The van der Waals surface area contributed by atoms with Gasteiger partial charge in [-0.15, -0.1) is 0 Å². The SMILES string of the molecule is CC(=O)N[C@@H](CNC(=O)c1ccnc(CC2CCN(C(C)=O)CC2)c1)CN1Cc2ccccc2C1. The third-order valence-electron chi connectivity index (χ3n) is 6.94. The summed E-state index contributed by atoms with van der Waals surface area (Å²) in [4.78, 5) is 44.9. The third-order valence-corrected chi connectivity index (χ3v) is 6.94. The van der Waals surface area contributed by atoms with E-state index < -0.39 is 0 Å². The Balaban J connectivity index is 1.30. The lowest BCUT2D eigenvalue weighted by Crippen LogP contribution is -2.48. The van der Waals surface area contributed by atoms with Gasteiger partial charge >= 0.3 is 0 Å². The molecule has 2 aliphatic rings. The van der Waals surface area contributed by atoms with Crippen LogP contribution in [0.4, 0.5) is 0 Å². The van der Waals surface area contributed by atoms with E-state index in [4.69, 9.17) is 0 Å². The maximum Gasteiger partial charge on any atom is 0.251 e. The number of nitrogens with one attached hydrogen (secondary N) is 2. The molecule has 0 aliphatic carbocycles. The smallest absolute Gasteiger partial charge is 0.251 e. The standard InChI is InChI=1S/C27H35N5O3/c1-19(33)30-26(18-31-16-23-5-3-4-6-24(23)17-31)15-29-27(35)22-7-10-28-25(14-22)13-21-8-11-32(12-9-21)20(2)34/h3-7,10,14,21,26H,8-9,11-13,15-18H2,1-2H3,(H,29,35)(H,30,33)/t26-/m0/s1. The molecule has 1 aromatic carbocycles. The Morgan fingerprint density at radius 2 is 1.74 bits per heavy atom. The summed E-state index contributed by atoms with van der Waals surface area (Å²) in [6, 6.07) is 11.8. The lowest BCUT2D eigenvalue weighted by atomic mass is 9.91. The molecule has 2 aromatic rings. The van der Waals surface area contributed by atoms with Crippen molar-refractivity contribution in [3.63, 3.8) is 0 Å². The highest BCUT2D eigenvalue weighted by atomic mass is 16.2. The fourth-order valence-electron chi connectivity index (χ4n) is 5.09. The third kappa shape index (κ3) is 6.88. The summed E-state index contributed by atoms with van der Waals surface area (Å²) in [5.41, 5.74) is 4.10. The lowest BCUT2D eigenvalue weighted by molar-refractivity contribution is -0.130. The lowest BCUT2D eigenvalue weighted by Gasteiger charge is -2.31. The quantitative estimate of drug-likeness (QED) is 0.608. The van der Waals surface area contributed by atoms with Gasteiger partial charge in [0.1, 0.15) is 0 Å². The van der Waals surface area contributed by atoms with Gasteiger partial charge in [0.15, 0.2) is 0 Å². The number of pyridine rings is 1. The number of amides is 3. The Kier molecular flexibility index (Phi) is 8.13. The molecule has 8 nitrogen and oxygen atoms in total. The van der Waals surface area contributed by atoms with Crippen LogP contribution in [0, 0.1) is 5.92 Å². The molecule has 0 bridgehead atoms. The minimum Gasteiger partial charge on any atom is -0.351 e. The van der Waals surface area contributed by atoms with E-state index >= 15 is 0 Å². The van der Waals surface area contributed by atoms with Gasteiger partial charge in [-0.2, -0.15) is 0 Å². The normalized spacial score (nSPS) is 17.0. The highest BCUT2D eigenvalue weighted by Crippen LogP contribution is 2.23. The van der Waals surface area contributed by atoms with Gasteiger partial charge in [0.2, 0.25) is 11.8 Å². The largest absolute Gasteiger partial charge is 0.351 e. The Labute approximate surface area is 207 Å². The molecule has 3 amide bonds. The van der Waals surface area contributed by atoms with Crippen molar-refractivity contribution in [2.24, 2.45) is 5.92 Å². The average molecular weight is 478 g/mol. The minimum absolute atomic E-state index is 0.108. The van der Waals surface area contributed by atoms with Crippen LogP contribution >= 0.6 is 0 Å². The molecule has 1 saturated heterocycles. The van der Waals surface area contributed by atoms with Crippen molar-refractivity contribution in [3.8, 4) is 0 Å². The second-order valence-electron chi connectivity index (χ2n) is 9.74. The molecule has 0 radical (unpaired) electrons. The summed E-state index contributed by atoms with van der Waals surface area (Å²) in [7, 11) is 0. The topological polar surface area (TPSA) is 94.6 Å². The minimum atomic E-state index is -0.182. The molecule has 8 heteroatoms. The summed E-state index contributed by atoms with van der Waals surface area (Å²) in [6.07, 6.45) is 4.39. The van der Waals surface area contributed by atoms with Gasteiger partial charge in [-0.3, -0.25) is 24.3 Å². The molecule has 35 heavy (non-hydrogen) atoms. The number of rotatable bonds is 8. The van der Waals surface area contributed by atoms with Gasteiger partial charge < -0.3 is 15.5 Å². The van der Waals surface area contributed by atoms with Crippen LogP contribution in [0.15, 0.2) is 42.6 Å². The van der Waals surface area contributed by atoms with Crippen LogP contribution in [-0.4, -0.2) is 64.7 Å². The van der Waals surface area contributed by atoms with Crippen LogP contribution in [0.3, 0.4) is 0 Å². The maximum atomic E-state index is 12.9. The molecule has 1 aromatic heterocycles. The molecule has 0 saturated carbocycles. The number of hydrogen-bond acceptors (Lipinski definition) is 5. The van der Waals surface area contributed by atoms with E-state index in [0.717, 1.165) is 51.1 Å². The second-order valence-corrected chi connectivity index (χ2v) is 9.74. The Morgan fingerprint density at radius 3 is 2.37 bits per heavy atom. The van der Waals surface area contributed by atoms with Crippen LogP contribution in [0.1, 0.15) is 53.9 Å². The molecular weight excluding hydrogens is 442 g/mol. The Bertz CT molecular complexity index is 1040. The van der Waals surface area contributed by atoms with Gasteiger partial charge in [0.05, 0.1) is 6.04 Å². The molecule has 1 atom stereocenters. The molecule has 0 unspecified atom stereocenters. The number of fused-ring (bicyclic) bond motifs is 1. The first-order chi connectivity index (χ1) is 16.9. The summed E-state index contributed by atoms with van der Waals surface area (Å²) in [5, 5.41) is 5.98. The molecule has 4 rings (SSSR count). The van der Waals surface area contributed by atoms with Gasteiger partial charge in [-0.25, -0.2) is 0 Å². The fraction of sp³-hybridized carbons (Fsp3) is 0.481. The molecule has 2 aliphatic heterocycles. The fourth-order valence-corrected chi connectivity index (χ4v) is 5.09. The monoisotopic (exact) mass is 477 g/mol. The zero-order valence-electron chi connectivity index (χ0n) is 20.6. The number of benzene rings is 1. The maximum absolute atomic E-state index is 12.9. The number of carbonyl (C=O) groups excluding carboxylic acids is 3. The van der Waals surface area contributed by atoms with E-state index in [1.165, 1.54) is 18.1 Å². The number of nitrogens with zero attached hydrogens (tertiary/aromatic N) is 3. The van der Waals surface area contributed by atoms with Gasteiger partial charge in [-0.05, 0) is 48.4 Å². The van der Waals surface area contributed by atoms with E-state index in [0.29, 0.717) is 24.6 Å². The van der Waals surface area contributed by atoms with Crippen LogP contribution in [0.2, 0.25) is 0 Å². The van der Waals surface area contributed by atoms with Crippen molar-refractivity contribution >= 4 is 17.7 Å². The first-order valence-electron chi connectivity index (χ1n) is 12.4. The molecule has 1 fully saturated rings. The molecule has 2 N–H and O–H groups in total. The predicted molar refractivity (Wildman–Crippen MR) is 133 cm³/mol. The van der Waals surface area contributed by atoms with Crippen molar-refractivity contribution in [1.82, 2.24) is 25.4 Å². The predicted octanol–water partition coefficient (Wildman–Crippen LogP) is 2.13. The number of hydrogen-bond donors (Lipinski definition) is 2. The van der Waals surface area contributed by atoms with Crippen molar-refractivity contribution in [2.75, 3.05) is 26.2 Å². The summed E-state index contributed by atoms with van der Waals surface area (Å²) in [6.45, 7) is 7.40. The molecule has 0 spiro atoms. The molecule has 186 valence electrons. The highest BCUT2D eigenvalue weighted by Gasteiger charge is 2.24. The van der Waals surface area contributed by atoms with E-state index in [1.54, 1.807) is 19.2 Å². The van der Waals surface area contributed by atoms with E-state index in [2.05, 4.69) is 32.7 Å². The van der Waals surface area contributed by atoms with Crippen molar-refractivity contribution in [3.05, 3.63) is 65.0 Å². The van der Waals surface area contributed by atoms with Crippen molar-refractivity contribution in [2.45, 2.75) is 52.2 Å². The number of likely N-dealkylation sites (tertiary alicyclic amines) is 1. The summed E-state index contributed by atoms with van der Waals surface area (Å²) < 4.78 is 0. The van der Waals surface area contributed by atoms with E-state index in [-0.39, 0.29) is 23.8 Å². The number of piperidine rings is 1. The van der Waals surface area contributed by atoms with E-state index in [9.17, 15) is 14.4 Å². The summed E-state index contributed by atoms with van der Waals surface area (Å²) >= 11 is 0. The first-order valence-corrected chi connectivity index (χ1v) is 12.4. The van der Waals surface area contributed by atoms with Crippen LogP contribution < -0.4 is 10.6 Å². The molecule has 3 heterocycles. The second kappa shape index (κ2) is 11.4. The first kappa shape index (κ1) is 24.9. The van der Waals surface area contributed by atoms with Crippen LogP contribution in [0.5, 0.6) is 0 Å². The Morgan fingerprint density at radius 1 is 1.06 bits per heavy atom. The van der Waals surface area contributed by atoms with Gasteiger partial charge in [0, 0.05) is 70.6 Å². The molecular formula is C27H35N5O3. The zero-order valence-corrected chi connectivity index (χ0v) is 20.6. The average Bonchev–Trinajstić information content (AvgIpc) is 3.25. The number of aromatic nitrogens is 1. The van der Waals surface area contributed by atoms with Gasteiger partial charge in [-0.1, -0.05) is 24.3 Å². The number of carbonyl (C=O) groups is 3. The van der Waals surface area contributed by atoms with E-state index in [1.807, 2.05) is 23.1 Å². The van der Waals surface area contributed by atoms with Crippen LogP contribution in [-0.2, 0) is 29.1 Å². The van der Waals surface area contributed by atoms with Crippen LogP contribution in [0.25, 0.3) is 0 Å². The Hall–Kier alpha value is -3.26. The zero-order chi connectivity index (χ0) is 24.8. The summed E-state index contributed by atoms with van der Waals surface area (Å²) in [5.74, 6) is 0.320. The van der Waals surface area contributed by atoms with Gasteiger partial charge in [0.25, 0.3) is 5.91 Å². The van der Waals surface area contributed by atoms with Crippen molar-refractivity contribution in [1.29, 1.82) is 0 Å².